The molecule has 2 aliphatic rings. The number of piperidine rings is 1. The van der Waals surface area contributed by atoms with Gasteiger partial charge in [0.2, 0.25) is 0 Å². The number of amides is 1. The molecule has 0 saturated carbocycles. The van der Waals surface area contributed by atoms with Crippen molar-refractivity contribution in [1.82, 2.24) is 15.1 Å². The minimum absolute atomic E-state index is 0.0277. The smallest absolute Gasteiger partial charge is 0.257 e. The van der Waals surface area contributed by atoms with Crippen molar-refractivity contribution in [1.29, 1.82) is 0 Å². The minimum Gasteiger partial charge on any atom is -0.472 e. The first-order valence-electron chi connectivity index (χ1n) is 8.96. The van der Waals surface area contributed by atoms with Crippen LogP contribution in [0, 0.1) is 0 Å². The van der Waals surface area contributed by atoms with Gasteiger partial charge in [-0.25, -0.2) is 0 Å². The number of furan rings is 1. The number of anilines is 2. The van der Waals surface area contributed by atoms with E-state index in [0.29, 0.717) is 18.7 Å². The monoisotopic (exact) mass is 341 g/mol. The fourth-order valence-corrected chi connectivity index (χ4v) is 3.49. The Labute approximate surface area is 147 Å². The minimum atomic E-state index is 0.0277. The number of nitrogens with zero attached hydrogens (tertiary/aromatic N) is 5. The molecule has 4 rings (SSSR count). The van der Waals surface area contributed by atoms with E-state index in [4.69, 9.17) is 4.42 Å². The normalized spacial score (nSPS) is 18.5. The number of carbonyl (C=O) groups is 1. The molecule has 1 amide bonds. The summed E-state index contributed by atoms with van der Waals surface area (Å²) in [5.41, 5.74) is 0.610. The molecule has 7 nitrogen and oxygen atoms in total. The van der Waals surface area contributed by atoms with Crippen LogP contribution in [0.3, 0.4) is 0 Å². The Hall–Kier alpha value is -2.57. The molecule has 2 saturated heterocycles. The average molecular weight is 341 g/mol. The summed E-state index contributed by atoms with van der Waals surface area (Å²) in [7, 11) is 0. The van der Waals surface area contributed by atoms with Gasteiger partial charge in [-0.2, -0.15) is 0 Å². The number of rotatable bonds is 3. The van der Waals surface area contributed by atoms with Gasteiger partial charge in [0.05, 0.1) is 11.8 Å². The predicted octanol–water partition coefficient (Wildman–Crippen LogP) is 2.02. The Kier molecular flexibility index (Phi) is 4.54. The summed E-state index contributed by atoms with van der Waals surface area (Å²) in [6.45, 7) is 5.04. The van der Waals surface area contributed by atoms with Crippen molar-refractivity contribution in [2.75, 3.05) is 49.1 Å². The molecule has 0 aliphatic carbocycles. The Morgan fingerprint density at radius 3 is 2.04 bits per heavy atom. The molecular formula is C18H23N5O2. The van der Waals surface area contributed by atoms with Gasteiger partial charge in [0.1, 0.15) is 6.26 Å². The SMILES string of the molecule is O=C(c1ccoc1)N1CCN(c2ccc(N3CCCCC3)nn2)CC1. The van der Waals surface area contributed by atoms with Crippen LogP contribution >= 0.6 is 0 Å². The van der Waals surface area contributed by atoms with Crippen LogP contribution in [-0.4, -0.2) is 60.3 Å². The van der Waals surface area contributed by atoms with Crippen molar-refractivity contribution < 1.29 is 9.21 Å². The van der Waals surface area contributed by atoms with Crippen molar-refractivity contribution in [3.8, 4) is 0 Å². The molecule has 2 aromatic heterocycles. The van der Waals surface area contributed by atoms with E-state index in [0.717, 1.165) is 37.8 Å². The van der Waals surface area contributed by atoms with Gasteiger partial charge in [0, 0.05) is 39.3 Å². The second kappa shape index (κ2) is 7.13. The Morgan fingerprint density at radius 2 is 1.48 bits per heavy atom. The number of hydrogen-bond donors (Lipinski definition) is 0. The molecule has 2 aliphatic heterocycles. The molecule has 0 atom stereocenters. The maximum Gasteiger partial charge on any atom is 0.257 e. The first-order valence-corrected chi connectivity index (χ1v) is 8.96. The van der Waals surface area contributed by atoms with Crippen molar-refractivity contribution in [3.05, 3.63) is 36.3 Å². The van der Waals surface area contributed by atoms with E-state index >= 15 is 0 Å². The van der Waals surface area contributed by atoms with E-state index in [-0.39, 0.29) is 5.91 Å². The van der Waals surface area contributed by atoms with Crippen LogP contribution in [0.15, 0.2) is 35.1 Å². The summed E-state index contributed by atoms with van der Waals surface area (Å²) in [5.74, 6) is 1.88. The van der Waals surface area contributed by atoms with E-state index in [1.165, 1.54) is 31.8 Å². The van der Waals surface area contributed by atoms with Gasteiger partial charge in [0.25, 0.3) is 5.91 Å². The van der Waals surface area contributed by atoms with Crippen molar-refractivity contribution in [3.63, 3.8) is 0 Å². The maximum atomic E-state index is 12.3. The number of aromatic nitrogens is 2. The molecule has 132 valence electrons. The summed E-state index contributed by atoms with van der Waals surface area (Å²) >= 11 is 0. The highest BCUT2D eigenvalue weighted by Gasteiger charge is 2.23. The van der Waals surface area contributed by atoms with Crippen LogP contribution in [0.25, 0.3) is 0 Å². The molecule has 4 heterocycles. The fraction of sp³-hybridized carbons (Fsp3) is 0.500. The standard InChI is InChI=1S/C18H23N5O2/c24-18(15-6-13-25-14-15)23-11-9-22(10-12-23)17-5-4-16(19-20-17)21-7-2-1-3-8-21/h4-6,13-14H,1-3,7-12H2. The summed E-state index contributed by atoms with van der Waals surface area (Å²) in [5, 5.41) is 8.83. The van der Waals surface area contributed by atoms with Crippen LogP contribution in [0.2, 0.25) is 0 Å². The zero-order valence-electron chi connectivity index (χ0n) is 14.3. The molecule has 0 bridgehead atoms. The number of hydrogen-bond acceptors (Lipinski definition) is 6. The highest BCUT2D eigenvalue weighted by molar-refractivity contribution is 5.94. The van der Waals surface area contributed by atoms with Crippen LogP contribution in [-0.2, 0) is 0 Å². The maximum absolute atomic E-state index is 12.3. The molecule has 0 radical (unpaired) electrons. The molecule has 0 spiro atoms. The summed E-state index contributed by atoms with van der Waals surface area (Å²) in [6.07, 6.45) is 6.80. The lowest BCUT2D eigenvalue weighted by Crippen LogP contribution is -2.49. The quantitative estimate of drug-likeness (QED) is 0.851. The van der Waals surface area contributed by atoms with E-state index in [1.807, 2.05) is 11.0 Å². The molecule has 25 heavy (non-hydrogen) atoms. The molecule has 2 aromatic rings. The van der Waals surface area contributed by atoms with Crippen molar-refractivity contribution >= 4 is 17.5 Å². The Bertz CT molecular complexity index is 687. The van der Waals surface area contributed by atoms with Crippen molar-refractivity contribution in [2.24, 2.45) is 0 Å². The van der Waals surface area contributed by atoms with Gasteiger partial charge in [-0.3, -0.25) is 4.79 Å². The third-order valence-corrected chi connectivity index (χ3v) is 4.98. The summed E-state index contributed by atoms with van der Waals surface area (Å²) in [4.78, 5) is 18.7. The zero-order chi connectivity index (χ0) is 17.1. The van der Waals surface area contributed by atoms with E-state index in [2.05, 4.69) is 26.1 Å². The molecule has 7 heteroatoms. The van der Waals surface area contributed by atoms with Crippen LogP contribution in [0.4, 0.5) is 11.6 Å². The Balaban J connectivity index is 1.35. The molecule has 2 fully saturated rings. The third kappa shape index (κ3) is 3.45. The Morgan fingerprint density at radius 1 is 0.840 bits per heavy atom. The first-order chi connectivity index (χ1) is 12.3. The lowest BCUT2D eigenvalue weighted by Gasteiger charge is -2.35. The van der Waals surface area contributed by atoms with E-state index in [1.54, 1.807) is 6.07 Å². The second-order valence-electron chi connectivity index (χ2n) is 6.59. The van der Waals surface area contributed by atoms with Gasteiger partial charge < -0.3 is 19.1 Å². The topological polar surface area (TPSA) is 65.7 Å². The van der Waals surface area contributed by atoms with Gasteiger partial charge in [-0.05, 0) is 37.5 Å². The lowest BCUT2D eigenvalue weighted by molar-refractivity contribution is 0.0746. The number of piperazine rings is 1. The average Bonchev–Trinajstić information content (AvgIpc) is 3.23. The number of carbonyl (C=O) groups excluding carboxylic acids is 1. The van der Waals surface area contributed by atoms with Crippen LogP contribution in [0.5, 0.6) is 0 Å². The molecule has 0 N–H and O–H groups in total. The highest BCUT2D eigenvalue weighted by atomic mass is 16.3. The predicted molar refractivity (Wildman–Crippen MR) is 94.9 cm³/mol. The van der Waals surface area contributed by atoms with Gasteiger partial charge in [-0.15, -0.1) is 10.2 Å². The summed E-state index contributed by atoms with van der Waals surface area (Å²) in [6, 6.07) is 5.82. The molecular weight excluding hydrogens is 318 g/mol. The largest absolute Gasteiger partial charge is 0.472 e. The van der Waals surface area contributed by atoms with Crippen molar-refractivity contribution in [2.45, 2.75) is 19.3 Å². The summed E-state index contributed by atoms with van der Waals surface area (Å²) < 4.78 is 5.00. The van der Waals surface area contributed by atoms with Crippen LogP contribution in [0.1, 0.15) is 29.6 Å². The lowest BCUT2D eigenvalue weighted by atomic mass is 10.1. The van der Waals surface area contributed by atoms with Gasteiger partial charge >= 0.3 is 0 Å². The fourth-order valence-electron chi connectivity index (χ4n) is 3.49. The zero-order valence-corrected chi connectivity index (χ0v) is 14.3. The first kappa shape index (κ1) is 15.9. The van der Waals surface area contributed by atoms with Gasteiger partial charge in [-0.1, -0.05) is 0 Å². The van der Waals surface area contributed by atoms with E-state index < -0.39 is 0 Å². The third-order valence-electron chi connectivity index (χ3n) is 4.98. The second-order valence-corrected chi connectivity index (χ2v) is 6.59. The molecule has 0 aromatic carbocycles. The van der Waals surface area contributed by atoms with Crippen LogP contribution < -0.4 is 9.80 Å². The van der Waals surface area contributed by atoms with Gasteiger partial charge in [0.15, 0.2) is 11.6 Å². The highest BCUT2D eigenvalue weighted by Crippen LogP contribution is 2.20. The van der Waals surface area contributed by atoms with E-state index in [9.17, 15) is 4.79 Å². The molecule has 0 unspecified atom stereocenters.